The van der Waals surface area contributed by atoms with E-state index in [2.05, 4.69) is 15.2 Å². The number of fused-ring (bicyclic) bond motifs is 1. The normalized spacial score (nSPS) is 19.8. The third-order valence-electron chi connectivity index (χ3n) is 5.14. The van der Waals surface area contributed by atoms with Gasteiger partial charge < -0.3 is 15.1 Å². The van der Waals surface area contributed by atoms with Crippen LogP contribution in [0.25, 0.3) is 0 Å². The van der Waals surface area contributed by atoms with Crippen LogP contribution in [0.4, 0.5) is 10.8 Å². The molecule has 2 aliphatic rings. The maximum atomic E-state index is 12.5. The van der Waals surface area contributed by atoms with Crippen LogP contribution in [0.5, 0.6) is 0 Å². The van der Waals surface area contributed by atoms with Gasteiger partial charge in [0.1, 0.15) is 0 Å². The molecular weight excluding hydrogens is 348 g/mol. The lowest BCUT2D eigenvalue weighted by Gasteiger charge is -2.35. The van der Waals surface area contributed by atoms with Crippen LogP contribution in [0.15, 0.2) is 35.8 Å². The summed E-state index contributed by atoms with van der Waals surface area (Å²) in [6.45, 7) is 3.07. The first-order chi connectivity index (χ1) is 12.7. The Bertz CT molecular complexity index is 785. The van der Waals surface area contributed by atoms with E-state index in [0.29, 0.717) is 19.3 Å². The predicted molar refractivity (Wildman–Crippen MR) is 102 cm³/mol. The average molecular weight is 370 g/mol. The number of hydrogen-bond donors (Lipinski definition) is 1. The number of benzene rings is 1. The number of nitrogens with one attached hydrogen (secondary N) is 1. The molecule has 1 atom stereocenters. The lowest BCUT2D eigenvalue weighted by atomic mass is 9.89. The van der Waals surface area contributed by atoms with Crippen molar-refractivity contribution < 1.29 is 9.59 Å². The Hall–Kier alpha value is -2.41. The SMILES string of the molecule is O=C1Nc2ccccc2C[C@H]1CCC(=O)N1CCN(c2nccs2)CC1. The molecule has 3 heterocycles. The minimum absolute atomic E-state index is 0.0325. The van der Waals surface area contributed by atoms with Gasteiger partial charge in [0, 0.05) is 55.8 Å². The summed E-state index contributed by atoms with van der Waals surface area (Å²) in [6.07, 6.45) is 3.56. The van der Waals surface area contributed by atoms with Gasteiger partial charge in [0.2, 0.25) is 11.8 Å². The fourth-order valence-corrected chi connectivity index (χ4v) is 4.32. The van der Waals surface area contributed by atoms with Gasteiger partial charge >= 0.3 is 0 Å². The summed E-state index contributed by atoms with van der Waals surface area (Å²) in [5.41, 5.74) is 2.06. The van der Waals surface area contributed by atoms with Crippen molar-refractivity contribution in [1.29, 1.82) is 0 Å². The first-order valence-electron chi connectivity index (χ1n) is 9.01. The van der Waals surface area contributed by atoms with E-state index in [9.17, 15) is 9.59 Å². The fraction of sp³-hybridized carbons (Fsp3) is 0.421. The highest BCUT2D eigenvalue weighted by Crippen LogP contribution is 2.28. The zero-order chi connectivity index (χ0) is 17.9. The minimum Gasteiger partial charge on any atom is -0.345 e. The van der Waals surface area contributed by atoms with Gasteiger partial charge in [-0.1, -0.05) is 18.2 Å². The molecule has 2 amide bonds. The van der Waals surface area contributed by atoms with E-state index in [-0.39, 0.29) is 17.7 Å². The molecule has 26 heavy (non-hydrogen) atoms. The fourth-order valence-electron chi connectivity index (χ4n) is 3.62. The topological polar surface area (TPSA) is 65.5 Å². The number of anilines is 2. The van der Waals surface area contributed by atoms with Gasteiger partial charge in [0.25, 0.3) is 0 Å². The highest BCUT2D eigenvalue weighted by atomic mass is 32.1. The number of thiazole rings is 1. The van der Waals surface area contributed by atoms with Gasteiger partial charge in [-0.2, -0.15) is 0 Å². The van der Waals surface area contributed by atoms with Crippen molar-refractivity contribution in [3.05, 3.63) is 41.4 Å². The molecule has 0 saturated carbocycles. The zero-order valence-corrected chi connectivity index (χ0v) is 15.4. The minimum atomic E-state index is -0.120. The lowest BCUT2D eigenvalue weighted by Crippen LogP contribution is -2.49. The number of carbonyl (C=O) groups excluding carboxylic acids is 2. The molecule has 136 valence electrons. The molecule has 2 aliphatic heterocycles. The molecule has 6 nitrogen and oxygen atoms in total. The second-order valence-corrected chi connectivity index (χ2v) is 7.64. The van der Waals surface area contributed by atoms with Crippen LogP contribution in [0.3, 0.4) is 0 Å². The van der Waals surface area contributed by atoms with Crippen molar-refractivity contribution >= 4 is 34.0 Å². The lowest BCUT2D eigenvalue weighted by molar-refractivity contribution is -0.132. The summed E-state index contributed by atoms with van der Waals surface area (Å²) in [5, 5.41) is 5.95. The molecule has 7 heteroatoms. The van der Waals surface area contributed by atoms with E-state index in [4.69, 9.17) is 0 Å². The Labute approximate surface area is 156 Å². The molecule has 0 bridgehead atoms. The van der Waals surface area contributed by atoms with E-state index >= 15 is 0 Å². The molecule has 1 aromatic heterocycles. The van der Waals surface area contributed by atoms with Crippen LogP contribution < -0.4 is 10.2 Å². The molecule has 1 saturated heterocycles. The average Bonchev–Trinajstić information content (AvgIpc) is 3.21. The number of carbonyl (C=O) groups is 2. The standard InChI is InChI=1S/C19H22N4O2S/c24-17(22-8-10-23(11-9-22)19-20-7-12-26-19)6-5-15-13-14-3-1-2-4-16(14)21-18(15)25/h1-4,7,12,15H,5-6,8-11,13H2,(H,21,25)/t15-/m1/s1. The van der Waals surface area contributed by atoms with Crippen molar-refractivity contribution in [2.24, 2.45) is 5.92 Å². The number of hydrogen-bond acceptors (Lipinski definition) is 5. The van der Waals surface area contributed by atoms with E-state index in [1.165, 1.54) is 0 Å². The largest absolute Gasteiger partial charge is 0.345 e. The quantitative estimate of drug-likeness (QED) is 0.897. The Kier molecular flexibility index (Phi) is 4.88. The number of aromatic nitrogens is 1. The van der Waals surface area contributed by atoms with Crippen LogP contribution in [-0.4, -0.2) is 47.9 Å². The highest BCUT2D eigenvalue weighted by Gasteiger charge is 2.28. The summed E-state index contributed by atoms with van der Waals surface area (Å²) in [4.78, 5) is 33.3. The van der Waals surface area contributed by atoms with Gasteiger partial charge in [0.15, 0.2) is 5.13 Å². The highest BCUT2D eigenvalue weighted by molar-refractivity contribution is 7.13. The van der Waals surface area contributed by atoms with Crippen LogP contribution in [0, 0.1) is 5.92 Å². The monoisotopic (exact) mass is 370 g/mol. The van der Waals surface area contributed by atoms with E-state index in [1.807, 2.05) is 40.7 Å². The second kappa shape index (κ2) is 7.45. The van der Waals surface area contributed by atoms with E-state index in [1.54, 1.807) is 11.3 Å². The maximum Gasteiger partial charge on any atom is 0.227 e. The van der Waals surface area contributed by atoms with Gasteiger partial charge in [-0.05, 0) is 24.5 Å². The predicted octanol–water partition coefficient (Wildman–Crippen LogP) is 2.38. The molecule has 1 aromatic carbocycles. The van der Waals surface area contributed by atoms with Gasteiger partial charge in [-0.25, -0.2) is 4.98 Å². The van der Waals surface area contributed by atoms with Gasteiger partial charge in [-0.15, -0.1) is 11.3 Å². The van der Waals surface area contributed by atoms with Crippen molar-refractivity contribution in [3.8, 4) is 0 Å². The number of amides is 2. The third kappa shape index (κ3) is 3.58. The Balaban J connectivity index is 1.28. The van der Waals surface area contributed by atoms with Crippen molar-refractivity contribution in [1.82, 2.24) is 9.88 Å². The van der Waals surface area contributed by atoms with Crippen LogP contribution in [-0.2, 0) is 16.0 Å². The number of rotatable bonds is 4. The molecular formula is C19H22N4O2S. The molecule has 1 N–H and O–H groups in total. The number of para-hydroxylation sites is 1. The summed E-state index contributed by atoms with van der Waals surface area (Å²) in [6, 6.07) is 7.88. The summed E-state index contributed by atoms with van der Waals surface area (Å²) in [7, 11) is 0. The first kappa shape index (κ1) is 17.0. The molecule has 0 unspecified atom stereocenters. The second-order valence-electron chi connectivity index (χ2n) is 6.77. The summed E-state index contributed by atoms with van der Waals surface area (Å²) < 4.78 is 0. The van der Waals surface area contributed by atoms with Crippen LogP contribution >= 0.6 is 11.3 Å². The molecule has 4 rings (SSSR count). The molecule has 0 radical (unpaired) electrons. The van der Waals surface area contributed by atoms with Crippen LogP contribution in [0.2, 0.25) is 0 Å². The van der Waals surface area contributed by atoms with E-state index < -0.39 is 0 Å². The summed E-state index contributed by atoms with van der Waals surface area (Å²) >= 11 is 1.63. The van der Waals surface area contributed by atoms with Crippen molar-refractivity contribution in [2.75, 3.05) is 36.4 Å². The smallest absolute Gasteiger partial charge is 0.227 e. The number of nitrogens with zero attached hydrogens (tertiary/aromatic N) is 3. The third-order valence-corrected chi connectivity index (χ3v) is 5.97. The maximum absolute atomic E-state index is 12.5. The van der Waals surface area contributed by atoms with Crippen molar-refractivity contribution in [2.45, 2.75) is 19.3 Å². The van der Waals surface area contributed by atoms with E-state index in [0.717, 1.165) is 42.6 Å². The van der Waals surface area contributed by atoms with Crippen molar-refractivity contribution in [3.63, 3.8) is 0 Å². The molecule has 0 spiro atoms. The molecule has 2 aromatic rings. The Morgan fingerprint density at radius 2 is 2.04 bits per heavy atom. The van der Waals surface area contributed by atoms with Gasteiger partial charge in [-0.3, -0.25) is 9.59 Å². The Morgan fingerprint density at radius 1 is 1.23 bits per heavy atom. The molecule has 1 fully saturated rings. The number of piperazine rings is 1. The first-order valence-corrected chi connectivity index (χ1v) is 9.89. The zero-order valence-electron chi connectivity index (χ0n) is 14.6. The molecule has 0 aliphatic carbocycles. The Morgan fingerprint density at radius 3 is 2.81 bits per heavy atom. The van der Waals surface area contributed by atoms with Gasteiger partial charge in [0.05, 0.1) is 0 Å². The van der Waals surface area contributed by atoms with Crippen LogP contribution in [0.1, 0.15) is 18.4 Å². The summed E-state index contributed by atoms with van der Waals surface area (Å²) in [5.74, 6) is 0.0611.